The topological polar surface area (TPSA) is 73.4 Å². The maximum atomic E-state index is 13.0. The first kappa shape index (κ1) is 20.8. The number of benzene rings is 1. The van der Waals surface area contributed by atoms with E-state index in [0.29, 0.717) is 65.6 Å². The summed E-state index contributed by atoms with van der Waals surface area (Å²) in [6, 6.07) is 7.83. The molecule has 3 fully saturated rings. The first-order valence-electron chi connectivity index (χ1n) is 10.7. The number of hydrogen-bond acceptors (Lipinski definition) is 5. The third-order valence-electron chi connectivity index (χ3n) is 6.23. The van der Waals surface area contributed by atoms with Crippen LogP contribution in [0.4, 0.5) is 5.69 Å². The smallest absolute Gasteiger partial charge is 0.236 e. The van der Waals surface area contributed by atoms with Gasteiger partial charge in [0, 0.05) is 57.9 Å². The van der Waals surface area contributed by atoms with Gasteiger partial charge in [0.15, 0.2) is 0 Å². The summed E-state index contributed by atoms with van der Waals surface area (Å²) in [7, 11) is 0. The Bertz CT molecular complexity index is 783. The molecule has 162 valence electrons. The van der Waals surface area contributed by atoms with Crippen LogP contribution in [-0.2, 0) is 19.1 Å². The van der Waals surface area contributed by atoms with Crippen molar-refractivity contribution in [3.8, 4) is 0 Å². The molecular formula is C22H30N4O4. The molecular weight excluding hydrogens is 384 g/mol. The van der Waals surface area contributed by atoms with Gasteiger partial charge in [-0.05, 0) is 19.1 Å². The van der Waals surface area contributed by atoms with Crippen molar-refractivity contribution in [1.29, 1.82) is 0 Å². The van der Waals surface area contributed by atoms with Gasteiger partial charge in [0.1, 0.15) is 0 Å². The number of ether oxygens (including phenoxy) is 1. The number of nitrogens with zero attached hydrogens (tertiary/aromatic N) is 4. The molecule has 0 aromatic heterocycles. The van der Waals surface area contributed by atoms with Crippen LogP contribution in [0, 0.1) is 12.8 Å². The minimum atomic E-state index is -0.291. The monoisotopic (exact) mass is 414 g/mol. The SMILES string of the molecule is Cc1ccc(N2CC(C(=O)N3CCN(CC(=O)N4CCOCC4)CC3)CC2=O)cc1. The summed E-state index contributed by atoms with van der Waals surface area (Å²) >= 11 is 0. The number of aryl methyl sites for hydroxylation is 1. The molecule has 0 bridgehead atoms. The van der Waals surface area contributed by atoms with Gasteiger partial charge in [-0.25, -0.2) is 0 Å². The molecule has 1 unspecified atom stereocenters. The highest BCUT2D eigenvalue weighted by Gasteiger charge is 2.38. The highest BCUT2D eigenvalue weighted by molar-refractivity contribution is 6.00. The third kappa shape index (κ3) is 4.65. The molecule has 0 N–H and O–H groups in total. The Balaban J connectivity index is 1.26. The molecule has 1 atom stereocenters. The molecule has 4 rings (SSSR count). The fourth-order valence-electron chi connectivity index (χ4n) is 4.34. The Hall–Kier alpha value is -2.45. The van der Waals surface area contributed by atoms with Gasteiger partial charge in [-0.15, -0.1) is 0 Å². The zero-order chi connectivity index (χ0) is 21.1. The van der Waals surface area contributed by atoms with Crippen LogP contribution in [0.25, 0.3) is 0 Å². The maximum absolute atomic E-state index is 13.0. The summed E-state index contributed by atoms with van der Waals surface area (Å²) in [6.07, 6.45) is 0.266. The zero-order valence-electron chi connectivity index (χ0n) is 17.6. The normalized spacial score (nSPS) is 23.2. The van der Waals surface area contributed by atoms with Crippen molar-refractivity contribution in [2.45, 2.75) is 13.3 Å². The average Bonchev–Trinajstić information content (AvgIpc) is 3.16. The summed E-state index contributed by atoms with van der Waals surface area (Å²) < 4.78 is 5.30. The molecule has 3 aliphatic rings. The van der Waals surface area contributed by atoms with Gasteiger partial charge in [0.05, 0.1) is 25.7 Å². The van der Waals surface area contributed by atoms with Crippen LogP contribution in [0.5, 0.6) is 0 Å². The van der Waals surface area contributed by atoms with Crippen molar-refractivity contribution < 1.29 is 19.1 Å². The Morgan fingerprint density at radius 2 is 1.63 bits per heavy atom. The zero-order valence-corrected chi connectivity index (χ0v) is 17.6. The lowest BCUT2D eigenvalue weighted by Crippen LogP contribution is -2.53. The largest absolute Gasteiger partial charge is 0.378 e. The van der Waals surface area contributed by atoms with E-state index in [9.17, 15) is 14.4 Å². The quantitative estimate of drug-likeness (QED) is 0.711. The summed E-state index contributed by atoms with van der Waals surface area (Å²) in [5.74, 6) is -0.0994. The lowest BCUT2D eigenvalue weighted by Gasteiger charge is -2.36. The standard InChI is InChI=1S/C22H30N4O4/c1-17-2-4-19(5-3-17)26-15-18(14-20(26)27)22(29)25-8-6-23(7-9-25)16-21(28)24-10-12-30-13-11-24/h2-5,18H,6-16H2,1H3. The van der Waals surface area contributed by atoms with Crippen LogP contribution in [0.2, 0.25) is 0 Å². The second-order valence-electron chi connectivity index (χ2n) is 8.34. The van der Waals surface area contributed by atoms with Gasteiger partial charge in [0.2, 0.25) is 17.7 Å². The molecule has 3 saturated heterocycles. The van der Waals surface area contributed by atoms with E-state index in [1.54, 1.807) is 4.90 Å². The van der Waals surface area contributed by atoms with E-state index in [0.717, 1.165) is 11.3 Å². The Morgan fingerprint density at radius 3 is 2.30 bits per heavy atom. The van der Waals surface area contributed by atoms with Gasteiger partial charge in [-0.2, -0.15) is 0 Å². The second kappa shape index (κ2) is 9.14. The molecule has 3 amide bonds. The second-order valence-corrected chi connectivity index (χ2v) is 8.34. The van der Waals surface area contributed by atoms with Gasteiger partial charge in [0.25, 0.3) is 0 Å². The van der Waals surface area contributed by atoms with E-state index >= 15 is 0 Å². The van der Waals surface area contributed by atoms with E-state index in [4.69, 9.17) is 4.74 Å². The van der Waals surface area contributed by atoms with Gasteiger partial charge in [-0.3, -0.25) is 19.3 Å². The molecule has 0 spiro atoms. The number of carbonyl (C=O) groups is 3. The summed E-state index contributed by atoms with van der Waals surface area (Å²) in [6.45, 7) is 7.94. The Labute approximate surface area is 177 Å². The molecule has 1 aromatic carbocycles. The number of amides is 3. The van der Waals surface area contributed by atoms with Crippen LogP contribution in [0.1, 0.15) is 12.0 Å². The molecule has 0 saturated carbocycles. The summed E-state index contributed by atoms with van der Waals surface area (Å²) in [5.41, 5.74) is 2.00. The molecule has 0 aliphatic carbocycles. The Kier molecular flexibility index (Phi) is 6.34. The molecule has 3 heterocycles. The molecule has 3 aliphatic heterocycles. The molecule has 8 nitrogen and oxygen atoms in total. The van der Waals surface area contributed by atoms with Crippen LogP contribution >= 0.6 is 0 Å². The van der Waals surface area contributed by atoms with E-state index in [1.165, 1.54) is 0 Å². The Morgan fingerprint density at radius 1 is 0.967 bits per heavy atom. The first-order valence-corrected chi connectivity index (χ1v) is 10.7. The minimum absolute atomic E-state index is 0.00643. The number of anilines is 1. The van der Waals surface area contributed by atoms with E-state index in [1.807, 2.05) is 41.0 Å². The van der Waals surface area contributed by atoms with Crippen LogP contribution in [0.3, 0.4) is 0 Å². The summed E-state index contributed by atoms with van der Waals surface area (Å²) in [5, 5.41) is 0. The van der Waals surface area contributed by atoms with Crippen molar-refractivity contribution in [1.82, 2.24) is 14.7 Å². The van der Waals surface area contributed by atoms with Crippen molar-refractivity contribution in [3.05, 3.63) is 29.8 Å². The van der Waals surface area contributed by atoms with Crippen LogP contribution in [-0.4, -0.2) is 98.0 Å². The van der Waals surface area contributed by atoms with Gasteiger partial charge >= 0.3 is 0 Å². The fraction of sp³-hybridized carbons (Fsp3) is 0.591. The molecule has 30 heavy (non-hydrogen) atoms. The van der Waals surface area contributed by atoms with Crippen LogP contribution < -0.4 is 4.90 Å². The van der Waals surface area contributed by atoms with Crippen molar-refractivity contribution in [2.24, 2.45) is 5.92 Å². The summed E-state index contributed by atoms with van der Waals surface area (Å²) in [4.78, 5) is 45.4. The molecule has 1 aromatic rings. The van der Waals surface area contributed by atoms with Gasteiger partial charge in [-0.1, -0.05) is 17.7 Å². The predicted molar refractivity (Wildman–Crippen MR) is 112 cm³/mol. The minimum Gasteiger partial charge on any atom is -0.378 e. The fourth-order valence-corrected chi connectivity index (χ4v) is 4.34. The maximum Gasteiger partial charge on any atom is 0.236 e. The number of piperazine rings is 1. The van der Waals surface area contributed by atoms with Crippen molar-refractivity contribution >= 4 is 23.4 Å². The molecule has 0 radical (unpaired) electrons. The van der Waals surface area contributed by atoms with Crippen molar-refractivity contribution in [2.75, 3.05) is 70.5 Å². The average molecular weight is 415 g/mol. The van der Waals surface area contributed by atoms with E-state index in [2.05, 4.69) is 4.90 Å². The molecule has 8 heteroatoms. The number of rotatable bonds is 4. The highest BCUT2D eigenvalue weighted by atomic mass is 16.5. The van der Waals surface area contributed by atoms with Crippen molar-refractivity contribution in [3.63, 3.8) is 0 Å². The number of carbonyl (C=O) groups excluding carboxylic acids is 3. The van der Waals surface area contributed by atoms with Gasteiger partial charge < -0.3 is 19.4 Å². The number of morpholine rings is 1. The predicted octanol–water partition coefficient (Wildman–Crippen LogP) is 0.351. The lowest BCUT2D eigenvalue weighted by atomic mass is 10.1. The van der Waals surface area contributed by atoms with E-state index in [-0.39, 0.29) is 30.1 Å². The number of hydrogen-bond donors (Lipinski definition) is 0. The van der Waals surface area contributed by atoms with Crippen LogP contribution in [0.15, 0.2) is 24.3 Å². The first-order chi connectivity index (χ1) is 14.5. The lowest BCUT2D eigenvalue weighted by molar-refractivity contribution is -0.139. The highest BCUT2D eigenvalue weighted by Crippen LogP contribution is 2.27. The van der Waals surface area contributed by atoms with E-state index < -0.39 is 0 Å². The third-order valence-corrected chi connectivity index (χ3v) is 6.23.